The van der Waals surface area contributed by atoms with Crippen LogP contribution in [0.4, 0.5) is 0 Å². The molecule has 0 saturated heterocycles. The predicted octanol–water partition coefficient (Wildman–Crippen LogP) is 3.88. The van der Waals surface area contributed by atoms with Gasteiger partial charge in [-0.15, -0.1) is 0 Å². The van der Waals surface area contributed by atoms with Crippen molar-refractivity contribution >= 4 is 11.0 Å². The summed E-state index contributed by atoms with van der Waals surface area (Å²) in [6, 6.07) is 13.8. The van der Waals surface area contributed by atoms with Crippen molar-refractivity contribution in [3.8, 4) is 5.75 Å². The van der Waals surface area contributed by atoms with E-state index in [1.54, 1.807) is 6.26 Å². The van der Waals surface area contributed by atoms with Crippen LogP contribution >= 0.6 is 0 Å². The Morgan fingerprint density at radius 1 is 1.20 bits per heavy atom. The standard InChI is InChI=1S/C21H21NO3/c1-14-7-8-20-18(9-14)21(23)17(13-24-20)12-22-10-15(2)25-19-6-4-3-5-16(19)11-22/h3-9,13,15H,10-12H2,1-2H3. The fourth-order valence-corrected chi connectivity index (χ4v) is 3.43. The maximum absolute atomic E-state index is 12.8. The second-order valence-corrected chi connectivity index (χ2v) is 6.80. The Morgan fingerprint density at radius 3 is 2.92 bits per heavy atom. The lowest BCUT2D eigenvalue weighted by atomic mass is 10.1. The molecule has 25 heavy (non-hydrogen) atoms. The van der Waals surface area contributed by atoms with Crippen LogP contribution in [0.1, 0.15) is 23.6 Å². The number of hydrogen-bond acceptors (Lipinski definition) is 4. The summed E-state index contributed by atoms with van der Waals surface area (Å²) in [6.07, 6.45) is 1.67. The van der Waals surface area contributed by atoms with Crippen LogP contribution in [0.25, 0.3) is 11.0 Å². The second-order valence-electron chi connectivity index (χ2n) is 6.80. The summed E-state index contributed by atoms with van der Waals surface area (Å²) < 4.78 is 11.7. The lowest BCUT2D eigenvalue weighted by Crippen LogP contribution is -2.32. The van der Waals surface area contributed by atoms with Gasteiger partial charge in [-0.3, -0.25) is 9.69 Å². The van der Waals surface area contributed by atoms with Crippen molar-refractivity contribution in [3.05, 3.63) is 75.6 Å². The number of rotatable bonds is 2. The van der Waals surface area contributed by atoms with Gasteiger partial charge in [0.1, 0.15) is 17.4 Å². The highest BCUT2D eigenvalue weighted by molar-refractivity contribution is 5.77. The Labute approximate surface area is 146 Å². The number of para-hydroxylation sites is 1. The fraction of sp³-hybridized carbons (Fsp3) is 0.286. The van der Waals surface area contributed by atoms with Crippen LogP contribution in [0.3, 0.4) is 0 Å². The Balaban J connectivity index is 1.67. The summed E-state index contributed by atoms with van der Waals surface area (Å²) in [6.45, 7) is 6.11. The molecular weight excluding hydrogens is 314 g/mol. The molecule has 0 spiro atoms. The van der Waals surface area contributed by atoms with E-state index in [9.17, 15) is 4.79 Å². The highest BCUT2D eigenvalue weighted by atomic mass is 16.5. The zero-order valence-electron chi connectivity index (χ0n) is 14.5. The third-order valence-electron chi connectivity index (χ3n) is 4.60. The Morgan fingerprint density at radius 2 is 2.04 bits per heavy atom. The van der Waals surface area contributed by atoms with Gasteiger partial charge < -0.3 is 9.15 Å². The molecule has 4 heteroatoms. The van der Waals surface area contributed by atoms with E-state index in [1.165, 1.54) is 0 Å². The van der Waals surface area contributed by atoms with Crippen molar-refractivity contribution in [2.75, 3.05) is 6.54 Å². The van der Waals surface area contributed by atoms with Gasteiger partial charge in [-0.2, -0.15) is 0 Å². The zero-order chi connectivity index (χ0) is 17.4. The van der Waals surface area contributed by atoms with E-state index in [0.717, 1.165) is 30.0 Å². The first-order chi connectivity index (χ1) is 12.1. The fourth-order valence-electron chi connectivity index (χ4n) is 3.43. The zero-order valence-corrected chi connectivity index (χ0v) is 14.5. The average Bonchev–Trinajstić information content (AvgIpc) is 2.75. The molecule has 2 heterocycles. The third-order valence-corrected chi connectivity index (χ3v) is 4.60. The molecule has 1 aliphatic rings. The van der Waals surface area contributed by atoms with Crippen LogP contribution in [-0.2, 0) is 13.1 Å². The molecule has 1 unspecified atom stereocenters. The number of hydrogen-bond donors (Lipinski definition) is 0. The average molecular weight is 335 g/mol. The van der Waals surface area contributed by atoms with E-state index in [2.05, 4.69) is 17.9 Å². The van der Waals surface area contributed by atoms with Crippen LogP contribution in [-0.4, -0.2) is 17.5 Å². The van der Waals surface area contributed by atoms with Gasteiger partial charge in [0, 0.05) is 30.8 Å². The summed E-state index contributed by atoms with van der Waals surface area (Å²) in [7, 11) is 0. The highest BCUT2D eigenvalue weighted by Gasteiger charge is 2.21. The van der Waals surface area contributed by atoms with Gasteiger partial charge in [0.25, 0.3) is 0 Å². The SMILES string of the molecule is Cc1ccc2occ(CN3Cc4ccccc4OC(C)C3)c(=O)c2c1. The third kappa shape index (κ3) is 3.17. The smallest absolute Gasteiger partial charge is 0.197 e. The van der Waals surface area contributed by atoms with E-state index in [0.29, 0.717) is 23.1 Å². The van der Waals surface area contributed by atoms with E-state index < -0.39 is 0 Å². The van der Waals surface area contributed by atoms with Crippen molar-refractivity contribution in [1.29, 1.82) is 0 Å². The van der Waals surface area contributed by atoms with Crippen LogP contribution in [0.5, 0.6) is 5.75 Å². The van der Waals surface area contributed by atoms with E-state index in [4.69, 9.17) is 9.15 Å². The van der Waals surface area contributed by atoms with Crippen molar-refractivity contribution in [1.82, 2.24) is 4.90 Å². The first kappa shape index (κ1) is 15.9. The first-order valence-electron chi connectivity index (χ1n) is 8.58. The Hall–Kier alpha value is -2.59. The van der Waals surface area contributed by atoms with Crippen molar-refractivity contribution in [2.24, 2.45) is 0 Å². The molecule has 0 fully saturated rings. The molecule has 1 aliphatic heterocycles. The monoisotopic (exact) mass is 335 g/mol. The van der Waals surface area contributed by atoms with Crippen molar-refractivity contribution in [3.63, 3.8) is 0 Å². The molecule has 0 N–H and O–H groups in total. The van der Waals surface area contributed by atoms with Crippen LogP contribution < -0.4 is 10.2 Å². The van der Waals surface area contributed by atoms with Crippen LogP contribution in [0.2, 0.25) is 0 Å². The van der Waals surface area contributed by atoms with Gasteiger partial charge in [-0.05, 0) is 32.0 Å². The molecule has 128 valence electrons. The highest BCUT2D eigenvalue weighted by Crippen LogP contribution is 2.25. The number of nitrogens with zero attached hydrogens (tertiary/aromatic N) is 1. The van der Waals surface area contributed by atoms with Gasteiger partial charge in [-0.1, -0.05) is 29.8 Å². The number of benzene rings is 2. The van der Waals surface area contributed by atoms with Gasteiger partial charge in [0.05, 0.1) is 11.6 Å². The second kappa shape index (κ2) is 6.37. The molecule has 0 aliphatic carbocycles. The molecule has 4 nitrogen and oxygen atoms in total. The van der Waals surface area contributed by atoms with Crippen LogP contribution in [0, 0.1) is 6.92 Å². The molecule has 2 aromatic carbocycles. The van der Waals surface area contributed by atoms with Crippen molar-refractivity contribution < 1.29 is 9.15 Å². The van der Waals surface area contributed by atoms with Gasteiger partial charge in [0.15, 0.2) is 5.43 Å². The molecule has 4 rings (SSSR count). The maximum atomic E-state index is 12.8. The van der Waals surface area contributed by atoms with Gasteiger partial charge in [0.2, 0.25) is 0 Å². The largest absolute Gasteiger partial charge is 0.489 e. The topological polar surface area (TPSA) is 42.7 Å². The minimum Gasteiger partial charge on any atom is -0.489 e. The maximum Gasteiger partial charge on any atom is 0.197 e. The summed E-state index contributed by atoms with van der Waals surface area (Å²) in [5, 5.41) is 0.650. The minimum atomic E-state index is 0.0519. The minimum absolute atomic E-state index is 0.0519. The molecule has 0 amide bonds. The summed E-state index contributed by atoms with van der Waals surface area (Å²) in [5.74, 6) is 0.929. The Bertz CT molecular complexity index is 976. The quantitative estimate of drug-likeness (QED) is 0.713. The molecule has 0 saturated carbocycles. The first-order valence-corrected chi connectivity index (χ1v) is 8.58. The number of fused-ring (bicyclic) bond motifs is 2. The van der Waals surface area contributed by atoms with Crippen molar-refractivity contribution in [2.45, 2.75) is 33.0 Å². The van der Waals surface area contributed by atoms with E-state index in [-0.39, 0.29) is 11.5 Å². The lowest BCUT2D eigenvalue weighted by molar-refractivity contribution is 0.155. The normalized spacial score (nSPS) is 17.8. The van der Waals surface area contributed by atoms with Crippen LogP contribution in [0.15, 0.2) is 57.9 Å². The van der Waals surface area contributed by atoms with Gasteiger partial charge in [-0.25, -0.2) is 0 Å². The summed E-state index contributed by atoms with van der Waals surface area (Å²) in [4.78, 5) is 15.1. The molecule has 3 aromatic rings. The van der Waals surface area contributed by atoms with Gasteiger partial charge >= 0.3 is 0 Å². The molecule has 1 atom stereocenters. The summed E-state index contributed by atoms with van der Waals surface area (Å²) in [5.41, 5.74) is 3.58. The molecule has 0 bridgehead atoms. The number of aryl methyl sites for hydroxylation is 1. The molecular formula is C21H21NO3. The molecule has 0 radical (unpaired) electrons. The predicted molar refractivity (Wildman–Crippen MR) is 97.9 cm³/mol. The molecule has 1 aromatic heterocycles. The van der Waals surface area contributed by atoms with E-state index >= 15 is 0 Å². The lowest BCUT2D eigenvalue weighted by Gasteiger charge is -2.21. The Kier molecular flexibility index (Phi) is 4.06. The van der Waals surface area contributed by atoms with E-state index in [1.807, 2.05) is 43.3 Å². The number of ether oxygens (including phenoxy) is 1. The summed E-state index contributed by atoms with van der Waals surface area (Å²) >= 11 is 0.